The summed E-state index contributed by atoms with van der Waals surface area (Å²) in [6.45, 7) is 4.07. The van der Waals surface area contributed by atoms with E-state index in [1.165, 1.54) is 5.56 Å². The van der Waals surface area contributed by atoms with Gasteiger partial charge in [-0.25, -0.2) is 9.50 Å². The van der Waals surface area contributed by atoms with Crippen LogP contribution in [-0.2, 0) is 0 Å². The summed E-state index contributed by atoms with van der Waals surface area (Å²) in [7, 11) is 0. The van der Waals surface area contributed by atoms with Crippen molar-refractivity contribution < 1.29 is 0 Å². The molecule has 0 amide bonds. The van der Waals surface area contributed by atoms with E-state index in [0.29, 0.717) is 17.8 Å². The monoisotopic (exact) mass is 350 g/mol. The lowest BCUT2D eigenvalue weighted by molar-refractivity contribution is 0.391. The first kappa shape index (κ1) is 16.8. The van der Waals surface area contributed by atoms with E-state index in [-0.39, 0.29) is 0 Å². The molecule has 0 atom stereocenters. The van der Waals surface area contributed by atoms with Gasteiger partial charge in [0.1, 0.15) is 5.82 Å². The lowest BCUT2D eigenvalue weighted by Gasteiger charge is -2.24. The van der Waals surface area contributed by atoms with Gasteiger partial charge in [0.25, 0.3) is 0 Å². The fourth-order valence-electron chi connectivity index (χ4n) is 3.73. The molecule has 1 saturated carbocycles. The molecule has 2 heterocycles. The summed E-state index contributed by atoms with van der Waals surface area (Å²) < 4.78 is 1.81. The van der Waals surface area contributed by atoms with Gasteiger partial charge in [-0.3, -0.25) is 0 Å². The number of anilines is 3. The average Bonchev–Trinajstić information content (AvgIpc) is 3.04. The molecule has 1 fully saturated rings. The molecule has 6 heteroatoms. The second-order valence-corrected chi connectivity index (χ2v) is 7.37. The van der Waals surface area contributed by atoms with Gasteiger partial charge in [-0.1, -0.05) is 18.2 Å². The molecule has 3 aromatic rings. The van der Waals surface area contributed by atoms with Gasteiger partial charge < -0.3 is 16.8 Å². The number of fused-ring (bicyclic) bond motifs is 1. The number of nitrogens with one attached hydrogen (secondary N) is 1. The molecule has 6 nitrogen and oxygen atoms in total. The van der Waals surface area contributed by atoms with Gasteiger partial charge in [0.2, 0.25) is 0 Å². The molecule has 1 aromatic carbocycles. The Hall–Kier alpha value is -2.60. The minimum absolute atomic E-state index is 0.331. The van der Waals surface area contributed by atoms with Crippen LogP contribution in [0.5, 0.6) is 0 Å². The summed E-state index contributed by atoms with van der Waals surface area (Å²) in [6.07, 6.45) is 6.30. The van der Waals surface area contributed by atoms with Gasteiger partial charge in [-0.2, -0.15) is 0 Å². The number of aryl methyl sites for hydroxylation is 1. The average molecular weight is 350 g/mol. The molecule has 0 radical (unpaired) electrons. The smallest absolute Gasteiger partial charge is 0.177 e. The molecule has 0 bridgehead atoms. The maximum absolute atomic E-state index is 6.17. The Morgan fingerprint density at radius 2 is 1.85 bits per heavy atom. The topological polar surface area (TPSA) is 94.3 Å². The van der Waals surface area contributed by atoms with Crippen molar-refractivity contribution in [1.29, 1.82) is 0 Å². The maximum atomic E-state index is 6.17. The van der Waals surface area contributed by atoms with Crippen LogP contribution in [0.25, 0.3) is 5.65 Å². The Bertz CT molecular complexity index is 937. The van der Waals surface area contributed by atoms with Crippen LogP contribution in [0, 0.1) is 13.8 Å². The summed E-state index contributed by atoms with van der Waals surface area (Å²) in [5, 5.41) is 8.02. The molecule has 0 spiro atoms. The quantitative estimate of drug-likeness (QED) is 0.670. The molecule has 26 heavy (non-hydrogen) atoms. The van der Waals surface area contributed by atoms with Gasteiger partial charge in [-0.15, -0.1) is 5.10 Å². The predicted molar refractivity (Wildman–Crippen MR) is 106 cm³/mol. The van der Waals surface area contributed by atoms with Gasteiger partial charge in [0.05, 0.1) is 17.6 Å². The van der Waals surface area contributed by atoms with Crippen LogP contribution in [-0.4, -0.2) is 20.6 Å². The number of para-hydroxylation sites is 1. The number of imidazole rings is 1. The number of nitrogens with zero attached hydrogens (tertiary/aromatic N) is 3. The Morgan fingerprint density at radius 3 is 2.58 bits per heavy atom. The van der Waals surface area contributed by atoms with E-state index in [1.54, 1.807) is 0 Å². The van der Waals surface area contributed by atoms with Gasteiger partial charge in [0.15, 0.2) is 5.65 Å². The predicted octanol–water partition coefficient (Wildman–Crippen LogP) is 3.66. The van der Waals surface area contributed by atoms with Crippen LogP contribution in [0.2, 0.25) is 0 Å². The zero-order chi connectivity index (χ0) is 18.3. The van der Waals surface area contributed by atoms with Crippen molar-refractivity contribution in [3.63, 3.8) is 0 Å². The van der Waals surface area contributed by atoms with Crippen molar-refractivity contribution in [2.45, 2.75) is 51.5 Å². The normalized spacial score (nSPS) is 20.4. The first-order valence-corrected chi connectivity index (χ1v) is 9.26. The highest BCUT2D eigenvalue weighted by atomic mass is 15.3. The van der Waals surface area contributed by atoms with E-state index < -0.39 is 0 Å². The fraction of sp³-hybridized carbons (Fsp3) is 0.400. The van der Waals surface area contributed by atoms with Crippen molar-refractivity contribution in [3.05, 3.63) is 47.3 Å². The number of hydrogen-bond acceptors (Lipinski definition) is 5. The molecule has 0 unspecified atom stereocenters. The Kier molecular flexibility index (Phi) is 4.28. The minimum atomic E-state index is 0.331. The first-order chi connectivity index (χ1) is 12.5. The van der Waals surface area contributed by atoms with Crippen molar-refractivity contribution in [2.75, 3.05) is 11.1 Å². The zero-order valence-corrected chi connectivity index (χ0v) is 15.4. The molecule has 1 aliphatic carbocycles. The number of nitrogens with two attached hydrogens (primary N) is 2. The lowest BCUT2D eigenvalue weighted by Crippen LogP contribution is -2.25. The standard InChI is InChI=1S/C20H26N6/c1-12-5-3-4-6-16(12)23-18-13(2)19(22)25-26-11-17(24-20(18)26)14-7-9-15(21)10-8-14/h3-6,11,14-15,23H,7-10,21H2,1-2H3,(H2,22,25). The van der Waals surface area contributed by atoms with Gasteiger partial charge in [-0.05, 0) is 51.2 Å². The summed E-state index contributed by atoms with van der Waals surface area (Å²) in [4.78, 5) is 4.93. The number of hydrogen-bond donors (Lipinski definition) is 3. The maximum Gasteiger partial charge on any atom is 0.177 e. The van der Waals surface area contributed by atoms with E-state index in [9.17, 15) is 0 Å². The summed E-state index contributed by atoms with van der Waals surface area (Å²) in [6, 6.07) is 8.54. The highest BCUT2D eigenvalue weighted by Gasteiger charge is 2.24. The van der Waals surface area contributed by atoms with Crippen LogP contribution < -0.4 is 16.8 Å². The molecular weight excluding hydrogens is 324 g/mol. The van der Waals surface area contributed by atoms with Crippen LogP contribution in [0.4, 0.5) is 17.2 Å². The van der Waals surface area contributed by atoms with Crippen molar-refractivity contribution in [2.24, 2.45) is 5.73 Å². The van der Waals surface area contributed by atoms with Gasteiger partial charge >= 0.3 is 0 Å². The van der Waals surface area contributed by atoms with Crippen molar-refractivity contribution >= 4 is 22.8 Å². The molecule has 4 rings (SSSR count). The van der Waals surface area contributed by atoms with Gasteiger partial charge in [0, 0.05) is 23.2 Å². The molecule has 0 aliphatic heterocycles. The van der Waals surface area contributed by atoms with E-state index in [2.05, 4.69) is 29.5 Å². The van der Waals surface area contributed by atoms with Crippen molar-refractivity contribution in [3.8, 4) is 0 Å². The highest BCUT2D eigenvalue weighted by Crippen LogP contribution is 2.34. The molecule has 5 N–H and O–H groups in total. The third kappa shape index (κ3) is 3.01. The molecular formula is C20H26N6. The third-order valence-electron chi connectivity index (χ3n) is 5.50. The van der Waals surface area contributed by atoms with E-state index in [1.807, 2.05) is 29.8 Å². The second-order valence-electron chi connectivity index (χ2n) is 7.37. The second kappa shape index (κ2) is 6.61. The summed E-state index contributed by atoms with van der Waals surface area (Å²) >= 11 is 0. The number of nitrogen functional groups attached to an aromatic ring is 1. The summed E-state index contributed by atoms with van der Waals surface area (Å²) in [5.41, 5.74) is 18.2. The van der Waals surface area contributed by atoms with Crippen LogP contribution >= 0.6 is 0 Å². The van der Waals surface area contributed by atoms with Crippen LogP contribution in [0.1, 0.15) is 48.4 Å². The van der Waals surface area contributed by atoms with E-state index >= 15 is 0 Å². The minimum Gasteiger partial charge on any atom is -0.382 e. The van der Waals surface area contributed by atoms with E-state index in [4.69, 9.17) is 16.5 Å². The third-order valence-corrected chi connectivity index (χ3v) is 5.50. The molecule has 0 saturated heterocycles. The van der Waals surface area contributed by atoms with Crippen LogP contribution in [0.15, 0.2) is 30.5 Å². The first-order valence-electron chi connectivity index (χ1n) is 9.26. The lowest BCUT2D eigenvalue weighted by atomic mass is 9.85. The number of rotatable bonds is 3. The molecule has 2 aromatic heterocycles. The largest absolute Gasteiger partial charge is 0.382 e. The van der Waals surface area contributed by atoms with E-state index in [0.717, 1.165) is 54.0 Å². The summed E-state index contributed by atoms with van der Waals surface area (Å²) in [5.74, 6) is 0.965. The Balaban J connectivity index is 1.76. The van der Waals surface area contributed by atoms with Crippen LogP contribution in [0.3, 0.4) is 0 Å². The van der Waals surface area contributed by atoms with Crippen molar-refractivity contribution in [1.82, 2.24) is 14.6 Å². The zero-order valence-electron chi connectivity index (χ0n) is 15.4. The number of aromatic nitrogens is 3. The fourth-order valence-corrected chi connectivity index (χ4v) is 3.73. The molecule has 136 valence electrons. The number of benzene rings is 1. The SMILES string of the molecule is Cc1ccccc1Nc1c(C)c(N)nn2cc(C3CCC(N)CC3)nc12. The Morgan fingerprint density at radius 1 is 1.12 bits per heavy atom. The molecule has 1 aliphatic rings. The Labute approximate surface area is 153 Å². The highest BCUT2D eigenvalue weighted by molar-refractivity contribution is 5.80.